The lowest BCUT2D eigenvalue weighted by Crippen LogP contribution is -1.96. The summed E-state index contributed by atoms with van der Waals surface area (Å²) in [6.07, 6.45) is 13.0. The maximum atomic E-state index is 5.11. The van der Waals surface area contributed by atoms with E-state index in [4.69, 9.17) is 9.97 Å². The predicted molar refractivity (Wildman–Crippen MR) is 610 cm³/mol. The SMILES string of the molecule is Cc1ccc2c3ccccc3c3ccc(-c4cccc(-c5cc(-c6cccnc6)cc(-c6ccccn6)c5)c4)cc3c2c1.c1ccc(-c2ccc3c(c2)c2ccc(-c4cccc(-c5nc(-c6ccccc6)cc(-c6ccccc6)n5)c4)cc2c2ccc(-c4ccccc4)cc32)cc1.c1ccc(-c2ccc3c(c2)c2ccccc2c2ccc(-c4cccc(-c5cc(-c6ccncc6)cc(-c6ccncc6)c5)c4)cc23)cc1. The van der Waals surface area contributed by atoms with E-state index in [0.717, 1.165) is 89.4 Å². The van der Waals surface area contributed by atoms with Crippen molar-refractivity contribution in [3.63, 3.8) is 0 Å². The standard InChI is InChI=1S/C52H34N2.C46H30N2.C41H28N2/c1-5-14-35(15-6-1)40-24-27-44-47-31-41(36-16-7-2-8-17-36)25-28-45(47)49-33-42(26-29-46(49)48(44)32-40)39-22-13-23-43(30-39)52-53-50(37-18-9-3-10-19-37)34-51(54-52)38-20-11-4-12-21-38;1-2-7-31(8-3-1)36-13-16-44-45(29-36)42-12-5-4-11-41(42)43-15-14-37(30-46(43)44)34-9-6-10-35(25-34)40-27-38(32-17-21-47-22-18-32)26-39(28-40)33-19-23-48-24-20-33;1-27-14-16-37-35-11-2-3-12-36(35)38-17-15-30(25-40(38)39(37)20-27)28-8-6-9-29(21-28)32-22-33(31-10-7-18-42-26-31)24-34(23-32)41-13-4-5-19-43-41/h1-34H;1-30H;2-26H,1H3. The summed E-state index contributed by atoms with van der Waals surface area (Å²) in [5, 5.41) is 22.9. The number of nitrogens with zero attached hydrogens (tertiary/aromatic N) is 6. The highest BCUT2D eigenvalue weighted by Crippen LogP contribution is 2.47. The van der Waals surface area contributed by atoms with Crippen molar-refractivity contribution in [1.82, 2.24) is 29.9 Å². The smallest absolute Gasteiger partial charge is 0.160 e. The largest absolute Gasteiger partial charge is 0.265 e. The number of aryl methyl sites for hydroxylation is 1. The number of hydrogen-bond donors (Lipinski definition) is 0. The Kier molecular flexibility index (Phi) is 23.2. The van der Waals surface area contributed by atoms with Gasteiger partial charge in [0.2, 0.25) is 0 Å². The molecule has 0 spiro atoms. The summed E-state index contributed by atoms with van der Waals surface area (Å²) in [4.78, 5) is 27.7. The van der Waals surface area contributed by atoms with Crippen LogP contribution in [0.1, 0.15) is 5.56 Å². The number of pyridine rings is 4. The molecule has 0 aliphatic heterocycles. The summed E-state index contributed by atoms with van der Waals surface area (Å²) in [6, 6.07) is 179. The third kappa shape index (κ3) is 17.5. The first kappa shape index (κ1) is 87.4. The Hall–Kier alpha value is -19.1. The second kappa shape index (κ2) is 38.6. The van der Waals surface area contributed by atoms with Gasteiger partial charge in [0.1, 0.15) is 0 Å². The van der Waals surface area contributed by atoms with Crippen LogP contribution >= 0.6 is 0 Å². The van der Waals surface area contributed by atoms with Gasteiger partial charge in [0, 0.05) is 71.2 Å². The summed E-state index contributed by atoms with van der Waals surface area (Å²) >= 11 is 0. The molecular formula is C139H92N6. The molecule has 6 nitrogen and oxygen atoms in total. The number of fused-ring (bicyclic) bond motifs is 18. The van der Waals surface area contributed by atoms with E-state index in [0.29, 0.717) is 5.82 Å². The number of aromatic nitrogens is 6. The molecule has 0 bridgehead atoms. The maximum absolute atomic E-state index is 5.11. The fourth-order valence-electron chi connectivity index (χ4n) is 21.1. The lowest BCUT2D eigenvalue weighted by Gasteiger charge is -2.15. The van der Waals surface area contributed by atoms with Crippen molar-refractivity contribution in [1.29, 1.82) is 0 Å². The molecule has 0 saturated heterocycles. The van der Waals surface area contributed by atoms with E-state index in [2.05, 4.69) is 494 Å². The molecule has 0 saturated carbocycles. The van der Waals surface area contributed by atoms with Crippen molar-refractivity contribution in [2.24, 2.45) is 0 Å². The van der Waals surface area contributed by atoms with Crippen molar-refractivity contribution in [2.75, 3.05) is 0 Å². The highest BCUT2D eigenvalue weighted by atomic mass is 14.9. The van der Waals surface area contributed by atoms with Crippen LogP contribution in [-0.4, -0.2) is 29.9 Å². The van der Waals surface area contributed by atoms with Crippen LogP contribution in [0.15, 0.2) is 541 Å². The molecule has 0 aliphatic rings. The predicted octanol–water partition coefficient (Wildman–Crippen LogP) is 37.1. The minimum absolute atomic E-state index is 0.705. The van der Waals surface area contributed by atoms with Crippen LogP contribution in [0.4, 0.5) is 0 Å². The Labute approximate surface area is 841 Å². The molecule has 0 radical (unpaired) electrons. The van der Waals surface area contributed by atoms with Gasteiger partial charge in [-0.1, -0.05) is 363 Å². The molecule has 27 rings (SSSR count). The topological polar surface area (TPSA) is 77.3 Å². The highest BCUT2D eigenvalue weighted by molar-refractivity contribution is 6.29. The van der Waals surface area contributed by atoms with Crippen LogP contribution in [0.5, 0.6) is 0 Å². The van der Waals surface area contributed by atoms with Crippen LogP contribution in [0.3, 0.4) is 0 Å². The van der Waals surface area contributed by atoms with Gasteiger partial charge in [-0.2, -0.15) is 0 Å². The second-order valence-corrected chi connectivity index (χ2v) is 37.3. The van der Waals surface area contributed by atoms with E-state index in [1.165, 1.54) is 175 Å². The van der Waals surface area contributed by atoms with E-state index < -0.39 is 0 Å². The molecule has 6 heteroatoms. The molecule has 0 atom stereocenters. The summed E-state index contributed by atoms with van der Waals surface area (Å²) in [7, 11) is 0. The molecule has 0 aliphatic carbocycles. The third-order valence-electron chi connectivity index (χ3n) is 28.3. The Morgan fingerprint density at radius 1 is 0.124 bits per heavy atom. The van der Waals surface area contributed by atoms with Gasteiger partial charge in [-0.25, -0.2) is 9.97 Å². The van der Waals surface area contributed by atoms with Crippen LogP contribution in [0.2, 0.25) is 0 Å². The number of rotatable bonds is 15. The number of hydrogen-bond acceptors (Lipinski definition) is 6. The van der Waals surface area contributed by atoms with Crippen molar-refractivity contribution in [3.05, 3.63) is 546 Å². The van der Waals surface area contributed by atoms with Gasteiger partial charge in [-0.05, 0) is 360 Å². The van der Waals surface area contributed by atoms with E-state index in [-0.39, 0.29) is 0 Å². The molecule has 0 unspecified atom stereocenters. The third-order valence-corrected chi connectivity index (χ3v) is 28.3. The zero-order valence-corrected chi connectivity index (χ0v) is 79.6. The van der Waals surface area contributed by atoms with Crippen LogP contribution in [-0.2, 0) is 0 Å². The van der Waals surface area contributed by atoms with Crippen molar-refractivity contribution in [3.8, 4) is 168 Å². The first-order chi connectivity index (χ1) is 71.7. The van der Waals surface area contributed by atoms with Crippen LogP contribution in [0.25, 0.3) is 265 Å². The number of benzene rings is 22. The zero-order chi connectivity index (χ0) is 96.5. The van der Waals surface area contributed by atoms with Crippen molar-refractivity contribution >= 4 is 97.0 Å². The van der Waals surface area contributed by atoms with Crippen LogP contribution < -0.4 is 0 Å². The van der Waals surface area contributed by atoms with Crippen molar-refractivity contribution < 1.29 is 0 Å². The van der Waals surface area contributed by atoms with Gasteiger partial charge in [0.05, 0.1) is 17.1 Å². The van der Waals surface area contributed by atoms with E-state index in [1.807, 2.05) is 73.7 Å². The van der Waals surface area contributed by atoms with Gasteiger partial charge in [0.15, 0.2) is 5.82 Å². The van der Waals surface area contributed by atoms with Gasteiger partial charge in [0.25, 0.3) is 0 Å². The molecule has 145 heavy (non-hydrogen) atoms. The fraction of sp³-hybridized carbons (Fsp3) is 0.00719. The molecule has 0 fully saturated rings. The Morgan fingerprint density at radius 3 is 0.752 bits per heavy atom. The quantitative estimate of drug-likeness (QED) is 0.0952. The summed E-state index contributed by atoms with van der Waals surface area (Å²) in [6.45, 7) is 2.17. The van der Waals surface area contributed by atoms with E-state index in [9.17, 15) is 0 Å². The molecular weight excluding hydrogens is 1750 g/mol. The van der Waals surface area contributed by atoms with Gasteiger partial charge in [-0.3, -0.25) is 19.9 Å². The monoisotopic (exact) mass is 1840 g/mol. The van der Waals surface area contributed by atoms with Crippen molar-refractivity contribution in [2.45, 2.75) is 6.92 Å². The fourth-order valence-corrected chi connectivity index (χ4v) is 21.1. The lowest BCUT2D eigenvalue weighted by molar-refractivity contribution is 1.18. The van der Waals surface area contributed by atoms with Gasteiger partial charge >= 0.3 is 0 Å². The van der Waals surface area contributed by atoms with Gasteiger partial charge in [-0.15, -0.1) is 0 Å². The summed E-state index contributed by atoms with van der Waals surface area (Å²) in [5.41, 5.74) is 34.1. The molecule has 22 aromatic carbocycles. The molecule has 0 amide bonds. The second-order valence-electron chi connectivity index (χ2n) is 37.3. The molecule has 0 N–H and O–H groups in total. The first-order valence-electron chi connectivity index (χ1n) is 49.3. The Morgan fingerprint density at radius 2 is 0.379 bits per heavy atom. The Balaban J connectivity index is 0.000000114. The average molecular weight is 1850 g/mol. The Bertz CT molecular complexity index is 9340. The zero-order valence-electron chi connectivity index (χ0n) is 79.6. The normalized spacial score (nSPS) is 11.3. The molecule has 5 aromatic heterocycles. The van der Waals surface area contributed by atoms with E-state index >= 15 is 0 Å². The van der Waals surface area contributed by atoms with E-state index in [1.54, 1.807) is 0 Å². The summed E-state index contributed by atoms with van der Waals surface area (Å²) < 4.78 is 0. The van der Waals surface area contributed by atoms with Gasteiger partial charge < -0.3 is 0 Å². The van der Waals surface area contributed by atoms with Crippen LogP contribution in [0, 0.1) is 6.92 Å². The minimum Gasteiger partial charge on any atom is -0.265 e. The molecule has 27 aromatic rings. The lowest BCUT2D eigenvalue weighted by atomic mass is 9.89. The minimum atomic E-state index is 0.705. The summed E-state index contributed by atoms with van der Waals surface area (Å²) in [5.74, 6) is 0.705. The highest BCUT2D eigenvalue weighted by Gasteiger charge is 2.21. The first-order valence-corrected chi connectivity index (χ1v) is 49.3. The average Bonchev–Trinajstić information content (AvgIpc) is 0.744. The molecule has 678 valence electrons. The molecule has 5 heterocycles. The maximum Gasteiger partial charge on any atom is 0.160 e.